The number of ether oxygens (including phenoxy) is 7. The topological polar surface area (TPSA) is 64.6 Å². The highest BCUT2D eigenvalue weighted by atomic mass is 16.9. The van der Waals surface area contributed by atoms with Crippen LogP contribution in [0.2, 0.25) is 0 Å². The standard InChI is InChI=1S/C28H48O7/c1-6-7-8-9-10-11-12-13-14-15-18-29-19-16-17-20-30-21-22-23-24(33-27(2,3)32-23)25-26(31-22)35-28(4,5)34-25/h22-26H,6-15,18-21H2,1-5H3/t22-,23+,24+,25-,26-/m1/s1. The van der Waals surface area contributed by atoms with Crippen molar-refractivity contribution in [3.8, 4) is 11.8 Å². The second kappa shape index (κ2) is 14.3. The second-order valence-electron chi connectivity index (χ2n) is 10.8. The highest BCUT2D eigenvalue weighted by Gasteiger charge is 2.60. The predicted molar refractivity (Wildman–Crippen MR) is 134 cm³/mol. The summed E-state index contributed by atoms with van der Waals surface area (Å²) >= 11 is 0. The Hall–Kier alpha value is -0.720. The molecule has 0 aromatic heterocycles. The lowest BCUT2D eigenvalue weighted by atomic mass is 9.99. The summed E-state index contributed by atoms with van der Waals surface area (Å²) in [7, 11) is 0. The summed E-state index contributed by atoms with van der Waals surface area (Å²) < 4.78 is 41.7. The van der Waals surface area contributed by atoms with Crippen LogP contribution in [-0.4, -0.2) is 68.7 Å². The van der Waals surface area contributed by atoms with Crippen molar-refractivity contribution in [2.24, 2.45) is 0 Å². The highest BCUT2D eigenvalue weighted by molar-refractivity contribution is 5.01. The number of unbranched alkanes of at least 4 members (excludes halogenated alkanes) is 9. The molecule has 0 amide bonds. The lowest BCUT2D eigenvalue weighted by Gasteiger charge is -2.37. The minimum atomic E-state index is -0.717. The first kappa shape index (κ1) is 28.8. The molecule has 5 atom stereocenters. The molecule has 0 radical (unpaired) electrons. The van der Waals surface area contributed by atoms with Gasteiger partial charge in [0, 0.05) is 6.61 Å². The van der Waals surface area contributed by atoms with Crippen LogP contribution >= 0.6 is 0 Å². The molecule has 3 aliphatic heterocycles. The van der Waals surface area contributed by atoms with Crippen molar-refractivity contribution in [3.63, 3.8) is 0 Å². The smallest absolute Gasteiger partial charge is 0.190 e. The van der Waals surface area contributed by atoms with Crippen LogP contribution in [0.15, 0.2) is 0 Å². The Bertz CT molecular complexity index is 668. The first-order valence-electron chi connectivity index (χ1n) is 13.8. The maximum absolute atomic E-state index is 6.13. The van der Waals surface area contributed by atoms with Gasteiger partial charge in [-0.2, -0.15) is 0 Å². The van der Waals surface area contributed by atoms with Crippen LogP contribution in [0.3, 0.4) is 0 Å². The Balaban J connectivity index is 1.22. The van der Waals surface area contributed by atoms with Crippen LogP contribution in [0.4, 0.5) is 0 Å². The van der Waals surface area contributed by atoms with Gasteiger partial charge in [-0.25, -0.2) is 0 Å². The molecular formula is C28H48O7. The fraction of sp³-hybridized carbons (Fsp3) is 0.929. The van der Waals surface area contributed by atoms with Gasteiger partial charge >= 0.3 is 0 Å². The summed E-state index contributed by atoms with van der Waals surface area (Å²) in [4.78, 5) is 0. The van der Waals surface area contributed by atoms with Crippen LogP contribution in [-0.2, 0) is 33.2 Å². The largest absolute Gasteiger partial charge is 0.369 e. The average Bonchev–Trinajstić information content (AvgIpc) is 3.29. The van der Waals surface area contributed by atoms with E-state index in [0.29, 0.717) is 19.8 Å². The maximum atomic E-state index is 6.13. The van der Waals surface area contributed by atoms with Gasteiger partial charge in [-0.15, -0.1) is 0 Å². The van der Waals surface area contributed by atoms with Crippen LogP contribution in [0.5, 0.6) is 0 Å². The van der Waals surface area contributed by atoms with Crippen LogP contribution in [0.1, 0.15) is 98.8 Å². The molecular weight excluding hydrogens is 448 g/mol. The summed E-state index contributed by atoms with van der Waals surface area (Å²) in [6.45, 7) is 11.7. The number of rotatable bonds is 15. The summed E-state index contributed by atoms with van der Waals surface area (Å²) in [5.41, 5.74) is 0. The third kappa shape index (κ3) is 9.59. The minimum Gasteiger partial charge on any atom is -0.369 e. The van der Waals surface area contributed by atoms with E-state index in [4.69, 9.17) is 33.2 Å². The second-order valence-corrected chi connectivity index (χ2v) is 10.8. The Morgan fingerprint density at radius 1 is 0.629 bits per heavy atom. The number of hydrogen-bond donors (Lipinski definition) is 0. The van der Waals surface area contributed by atoms with E-state index in [1.165, 1.54) is 57.8 Å². The van der Waals surface area contributed by atoms with Crippen LogP contribution < -0.4 is 0 Å². The van der Waals surface area contributed by atoms with Crippen molar-refractivity contribution in [3.05, 3.63) is 0 Å². The Kier molecular flexibility index (Phi) is 11.8. The molecule has 3 fully saturated rings. The van der Waals surface area contributed by atoms with E-state index in [1.807, 2.05) is 27.7 Å². The van der Waals surface area contributed by atoms with Crippen molar-refractivity contribution >= 4 is 0 Å². The van der Waals surface area contributed by atoms with E-state index >= 15 is 0 Å². The molecule has 0 unspecified atom stereocenters. The highest BCUT2D eigenvalue weighted by Crippen LogP contribution is 2.44. The number of hydrogen-bond acceptors (Lipinski definition) is 7. The zero-order valence-corrected chi connectivity index (χ0v) is 22.6. The SMILES string of the molecule is CCCCCCCCCCCCOCC#CCOC[C@H]1O[C@@H]2OC(C)(C)O[C@@H]2[C@H]2OC(C)(C)O[C@H]21. The Morgan fingerprint density at radius 3 is 1.86 bits per heavy atom. The Labute approximate surface area is 212 Å². The number of fused-ring (bicyclic) bond motifs is 3. The fourth-order valence-corrected chi connectivity index (χ4v) is 4.97. The van der Waals surface area contributed by atoms with Crippen molar-refractivity contribution in [1.29, 1.82) is 0 Å². The van der Waals surface area contributed by atoms with Gasteiger partial charge in [0.05, 0.1) is 6.61 Å². The third-order valence-electron chi connectivity index (χ3n) is 6.65. The lowest BCUT2D eigenvalue weighted by molar-refractivity contribution is -0.242. The van der Waals surface area contributed by atoms with E-state index in [-0.39, 0.29) is 24.4 Å². The zero-order chi connectivity index (χ0) is 25.2. The van der Waals surface area contributed by atoms with Gasteiger partial charge in [0.2, 0.25) is 0 Å². The molecule has 0 aromatic rings. The van der Waals surface area contributed by atoms with Gasteiger partial charge in [0.15, 0.2) is 17.9 Å². The van der Waals surface area contributed by atoms with Gasteiger partial charge in [0.1, 0.15) is 37.6 Å². The summed E-state index contributed by atoms with van der Waals surface area (Å²) in [5.74, 6) is 4.63. The van der Waals surface area contributed by atoms with E-state index in [2.05, 4.69) is 18.8 Å². The Morgan fingerprint density at radius 2 is 1.17 bits per heavy atom. The quantitative estimate of drug-likeness (QED) is 0.224. The lowest BCUT2D eigenvalue weighted by Crippen LogP contribution is -2.56. The molecule has 0 N–H and O–H groups in total. The molecule has 0 spiro atoms. The van der Waals surface area contributed by atoms with E-state index in [0.717, 1.165) is 13.0 Å². The first-order chi connectivity index (χ1) is 16.8. The zero-order valence-electron chi connectivity index (χ0n) is 22.6. The molecule has 3 saturated heterocycles. The van der Waals surface area contributed by atoms with E-state index in [9.17, 15) is 0 Å². The van der Waals surface area contributed by atoms with Crippen molar-refractivity contribution in [1.82, 2.24) is 0 Å². The van der Waals surface area contributed by atoms with Gasteiger partial charge in [-0.05, 0) is 34.1 Å². The molecule has 202 valence electrons. The maximum Gasteiger partial charge on any atom is 0.190 e. The molecule has 7 nitrogen and oxygen atoms in total. The van der Waals surface area contributed by atoms with Crippen LogP contribution in [0, 0.1) is 11.8 Å². The molecule has 0 bridgehead atoms. The summed E-state index contributed by atoms with van der Waals surface area (Å²) in [6, 6.07) is 0. The molecule has 0 aliphatic carbocycles. The molecule has 7 heteroatoms. The van der Waals surface area contributed by atoms with Gasteiger partial charge < -0.3 is 33.2 Å². The van der Waals surface area contributed by atoms with Gasteiger partial charge in [-0.1, -0.05) is 76.6 Å². The average molecular weight is 497 g/mol. The van der Waals surface area contributed by atoms with Crippen molar-refractivity contribution < 1.29 is 33.2 Å². The summed E-state index contributed by atoms with van der Waals surface area (Å²) in [6.07, 6.45) is 11.6. The van der Waals surface area contributed by atoms with E-state index < -0.39 is 17.9 Å². The molecule has 3 heterocycles. The molecule has 0 saturated carbocycles. The first-order valence-corrected chi connectivity index (χ1v) is 13.8. The van der Waals surface area contributed by atoms with Crippen molar-refractivity contribution in [2.75, 3.05) is 26.4 Å². The monoisotopic (exact) mass is 496 g/mol. The normalized spacial score (nSPS) is 30.5. The fourth-order valence-electron chi connectivity index (χ4n) is 4.97. The van der Waals surface area contributed by atoms with Crippen molar-refractivity contribution in [2.45, 2.75) is 141 Å². The minimum absolute atomic E-state index is 0.260. The third-order valence-corrected chi connectivity index (χ3v) is 6.65. The van der Waals surface area contributed by atoms with Gasteiger partial charge in [0.25, 0.3) is 0 Å². The molecule has 3 aliphatic rings. The van der Waals surface area contributed by atoms with Crippen LogP contribution in [0.25, 0.3) is 0 Å². The molecule has 0 aromatic carbocycles. The summed E-state index contributed by atoms with van der Waals surface area (Å²) in [5, 5.41) is 0. The molecule has 35 heavy (non-hydrogen) atoms. The van der Waals surface area contributed by atoms with E-state index in [1.54, 1.807) is 0 Å². The van der Waals surface area contributed by atoms with Gasteiger partial charge in [-0.3, -0.25) is 0 Å². The molecule has 3 rings (SSSR count). The predicted octanol–water partition coefficient (Wildman–Crippen LogP) is 5.34.